The smallest absolute Gasteiger partial charge is 0.303 e. The monoisotopic (exact) mass is 419 g/mol. The van der Waals surface area contributed by atoms with Crippen LogP contribution in [0.15, 0.2) is 42.5 Å². The molecule has 29 heavy (non-hydrogen) atoms. The average molecular weight is 420 g/mol. The fourth-order valence-electron chi connectivity index (χ4n) is 4.09. The van der Waals surface area contributed by atoms with Crippen LogP contribution in [0.2, 0.25) is 0 Å². The second kappa shape index (κ2) is 11.2. The molecule has 1 aromatic carbocycles. The number of ether oxygens (including phenoxy) is 3. The Kier molecular flexibility index (Phi) is 8.31. The number of rotatable bonds is 11. The fourth-order valence-corrected chi connectivity index (χ4v) is 4.22. The van der Waals surface area contributed by atoms with Crippen LogP contribution in [0.25, 0.3) is 0 Å². The molecule has 0 aliphatic carbocycles. The molecule has 0 spiro atoms. The first-order valence-electron chi connectivity index (χ1n) is 10.2. The first kappa shape index (κ1) is 21.6. The zero-order valence-corrected chi connectivity index (χ0v) is 17.3. The molecule has 2 heterocycles. The number of allylic oxidation sites excluding steroid dienone is 2. The fraction of sp³-hybridized carbons (Fsp3) is 0.545. The Morgan fingerprint density at radius 2 is 1.97 bits per heavy atom. The molecular weight excluding hydrogens is 390 g/mol. The van der Waals surface area contributed by atoms with Gasteiger partial charge in [0, 0.05) is 12.3 Å². The molecule has 2 saturated heterocycles. The van der Waals surface area contributed by atoms with Crippen LogP contribution in [-0.2, 0) is 14.3 Å². The van der Waals surface area contributed by atoms with Gasteiger partial charge in [-0.1, -0.05) is 30.4 Å². The van der Waals surface area contributed by atoms with E-state index in [2.05, 4.69) is 17.5 Å². The van der Waals surface area contributed by atoms with Crippen molar-refractivity contribution >= 4 is 23.4 Å². The largest absolute Gasteiger partial charge is 0.481 e. The van der Waals surface area contributed by atoms with Crippen LogP contribution in [0, 0.1) is 11.8 Å². The Hall–Kier alpha value is -2.12. The highest BCUT2D eigenvalue weighted by molar-refractivity contribution is 7.80. The van der Waals surface area contributed by atoms with Crippen molar-refractivity contribution in [2.75, 3.05) is 13.3 Å². The summed E-state index contributed by atoms with van der Waals surface area (Å²) < 4.78 is 17.5. The number of fused-ring (bicyclic) bond motifs is 2. The Bertz CT molecular complexity index is 696. The topological polar surface area (TPSA) is 77.0 Å². The predicted molar refractivity (Wildman–Crippen MR) is 114 cm³/mol. The maximum atomic E-state index is 10.6. The third kappa shape index (κ3) is 6.72. The van der Waals surface area contributed by atoms with Gasteiger partial charge in [-0.2, -0.15) is 0 Å². The van der Waals surface area contributed by atoms with Gasteiger partial charge < -0.3 is 24.6 Å². The summed E-state index contributed by atoms with van der Waals surface area (Å²) in [6.45, 7) is 0.800. The minimum absolute atomic E-state index is 0.219. The summed E-state index contributed by atoms with van der Waals surface area (Å²) in [6, 6.07) is 9.54. The average Bonchev–Trinajstić information content (AvgIpc) is 3.31. The van der Waals surface area contributed by atoms with Crippen molar-refractivity contribution < 1.29 is 24.1 Å². The summed E-state index contributed by atoms with van der Waals surface area (Å²) in [5.74, 6) is 0.787. The summed E-state index contributed by atoms with van der Waals surface area (Å²) in [4.78, 5) is 10.6. The number of hydrogen-bond donors (Lipinski definition) is 2. The molecule has 2 N–H and O–H groups in total. The van der Waals surface area contributed by atoms with E-state index in [0.29, 0.717) is 36.1 Å². The van der Waals surface area contributed by atoms with Crippen molar-refractivity contribution in [2.45, 2.75) is 50.7 Å². The third-order valence-corrected chi connectivity index (χ3v) is 5.79. The number of nitrogens with one attached hydrogen (secondary N) is 1. The van der Waals surface area contributed by atoms with Crippen LogP contribution >= 0.6 is 12.2 Å². The maximum absolute atomic E-state index is 10.6. The number of benzene rings is 1. The number of carboxylic acid groups (broad SMARTS) is 1. The number of thiocarbonyl (C=S) groups is 1. The Morgan fingerprint density at radius 1 is 1.21 bits per heavy atom. The molecular formula is C22H29NO5S. The van der Waals surface area contributed by atoms with Gasteiger partial charge >= 0.3 is 5.97 Å². The molecule has 2 fully saturated rings. The molecule has 1 aromatic rings. The first-order valence-corrected chi connectivity index (χ1v) is 10.6. The number of unbranched alkanes of at least 4 members (excludes halogenated alkanes) is 1. The van der Waals surface area contributed by atoms with Crippen molar-refractivity contribution in [3.63, 3.8) is 0 Å². The van der Waals surface area contributed by atoms with Crippen LogP contribution < -0.4 is 10.1 Å². The quantitative estimate of drug-likeness (QED) is 0.244. The summed E-state index contributed by atoms with van der Waals surface area (Å²) in [5.41, 5.74) is 0. The number of hydrogen-bond acceptors (Lipinski definition) is 5. The normalized spacial score (nSPS) is 25.2. The van der Waals surface area contributed by atoms with Crippen molar-refractivity contribution in [3.05, 3.63) is 42.5 Å². The van der Waals surface area contributed by atoms with E-state index in [-0.39, 0.29) is 19.3 Å². The van der Waals surface area contributed by atoms with Crippen molar-refractivity contribution in [3.8, 4) is 5.75 Å². The van der Waals surface area contributed by atoms with Crippen molar-refractivity contribution in [2.24, 2.45) is 11.8 Å². The lowest BCUT2D eigenvalue weighted by molar-refractivity contribution is -0.137. The SMILES string of the molecule is O=C(O)CCCC=CC[C@@H]1[C@H](COC(=S)NCOc2ccccc2)[C@@H]2CC[C@H]1O2. The number of carbonyl (C=O) groups is 1. The van der Waals surface area contributed by atoms with Gasteiger partial charge in [-0.3, -0.25) is 4.79 Å². The van der Waals surface area contributed by atoms with Crippen LogP contribution in [0.3, 0.4) is 0 Å². The number of para-hydroxylation sites is 1. The maximum Gasteiger partial charge on any atom is 0.303 e. The van der Waals surface area contributed by atoms with Gasteiger partial charge in [-0.05, 0) is 62.4 Å². The lowest BCUT2D eigenvalue weighted by Gasteiger charge is -2.27. The molecule has 4 atom stereocenters. The van der Waals surface area contributed by atoms with Gasteiger partial charge in [-0.25, -0.2) is 0 Å². The highest BCUT2D eigenvalue weighted by Crippen LogP contribution is 2.45. The number of aliphatic carboxylic acids is 1. The third-order valence-electron chi connectivity index (χ3n) is 5.53. The Labute approximate surface area is 177 Å². The van der Waals surface area contributed by atoms with Crippen molar-refractivity contribution in [1.82, 2.24) is 5.32 Å². The number of carboxylic acids is 1. The van der Waals surface area contributed by atoms with Crippen LogP contribution in [-0.4, -0.2) is 41.8 Å². The van der Waals surface area contributed by atoms with Gasteiger partial charge in [0.05, 0.1) is 18.8 Å². The van der Waals surface area contributed by atoms with E-state index in [4.69, 9.17) is 31.5 Å². The summed E-state index contributed by atoms with van der Waals surface area (Å²) in [7, 11) is 0. The zero-order chi connectivity index (χ0) is 20.5. The van der Waals surface area contributed by atoms with Crippen molar-refractivity contribution in [1.29, 1.82) is 0 Å². The first-order chi connectivity index (χ1) is 14.1. The van der Waals surface area contributed by atoms with Crippen LogP contribution in [0.4, 0.5) is 0 Å². The van der Waals surface area contributed by atoms with Gasteiger partial charge in [-0.15, -0.1) is 0 Å². The van der Waals surface area contributed by atoms with Gasteiger partial charge in [0.2, 0.25) is 0 Å². The zero-order valence-electron chi connectivity index (χ0n) is 16.5. The molecule has 0 unspecified atom stereocenters. The Balaban J connectivity index is 1.37. The van der Waals surface area contributed by atoms with E-state index >= 15 is 0 Å². The van der Waals surface area contributed by atoms with E-state index in [1.54, 1.807) is 0 Å². The van der Waals surface area contributed by atoms with E-state index in [1.165, 1.54) is 0 Å². The minimum Gasteiger partial charge on any atom is -0.481 e. The van der Waals surface area contributed by atoms with E-state index < -0.39 is 5.97 Å². The summed E-state index contributed by atoms with van der Waals surface area (Å²) in [5, 5.41) is 12.0. The highest BCUT2D eigenvalue weighted by atomic mass is 32.1. The molecule has 6 nitrogen and oxygen atoms in total. The second-order valence-electron chi connectivity index (χ2n) is 7.49. The molecule has 2 aliphatic heterocycles. The lowest BCUT2D eigenvalue weighted by Crippen LogP contribution is -2.34. The molecule has 2 bridgehead atoms. The van der Waals surface area contributed by atoms with Crippen LogP contribution in [0.5, 0.6) is 5.75 Å². The molecule has 0 saturated carbocycles. The molecule has 7 heteroatoms. The minimum atomic E-state index is -0.740. The van der Waals surface area contributed by atoms with Gasteiger partial charge in [0.1, 0.15) is 5.75 Å². The molecule has 3 rings (SSSR count). The second-order valence-corrected chi connectivity index (χ2v) is 7.86. The molecule has 158 valence electrons. The van der Waals surface area contributed by atoms with E-state index in [9.17, 15) is 4.79 Å². The molecule has 0 radical (unpaired) electrons. The molecule has 2 aliphatic rings. The predicted octanol–water partition coefficient (Wildman–Crippen LogP) is 3.91. The highest BCUT2D eigenvalue weighted by Gasteiger charge is 2.48. The van der Waals surface area contributed by atoms with E-state index in [1.807, 2.05) is 30.3 Å². The summed E-state index contributed by atoms with van der Waals surface area (Å²) in [6.07, 6.45) is 9.58. The van der Waals surface area contributed by atoms with Gasteiger partial charge in [0.25, 0.3) is 5.17 Å². The standard InChI is InChI=1S/C22H29NO5S/c24-21(25)11-7-2-1-6-10-17-18(20-13-12-19(17)28-20)14-26-22(29)23-15-27-16-8-4-3-5-9-16/h1,3-6,8-9,17-20H,2,7,10-15H2,(H,23,29)(H,24,25)/t17-,18+,19-,20+/m1/s1. The lowest BCUT2D eigenvalue weighted by atomic mass is 9.78. The Morgan fingerprint density at radius 3 is 2.72 bits per heavy atom. The molecule has 0 aromatic heterocycles. The van der Waals surface area contributed by atoms with Gasteiger partial charge in [0.15, 0.2) is 6.73 Å². The summed E-state index contributed by atoms with van der Waals surface area (Å²) >= 11 is 5.27. The van der Waals surface area contributed by atoms with Crippen LogP contribution in [0.1, 0.15) is 38.5 Å². The molecule has 0 amide bonds. The van der Waals surface area contributed by atoms with E-state index in [0.717, 1.165) is 31.4 Å².